The van der Waals surface area contributed by atoms with Gasteiger partial charge in [0.1, 0.15) is 5.82 Å². The number of hydrogen-bond donors (Lipinski definition) is 2. The lowest BCUT2D eigenvalue weighted by Gasteiger charge is -2.34. The first kappa shape index (κ1) is 18.6. The Hall–Kier alpha value is -2.77. The predicted molar refractivity (Wildman–Crippen MR) is 107 cm³/mol. The van der Waals surface area contributed by atoms with Gasteiger partial charge in [0.05, 0.1) is 5.52 Å². The van der Waals surface area contributed by atoms with Crippen LogP contribution in [0, 0.1) is 5.82 Å². The second kappa shape index (κ2) is 8.50. The first-order valence-corrected chi connectivity index (χ1v) is 9.59. The van der Waals surface area contributed by atoms with Crippen LogP contribution in [0.5, 0.6) is 0 Å². The van der Waals surface area contributed by atoms with E-state index in [0.29, 0.717) is 12.2 Å². The molecular formula is C21H24FN5O. The van der Waals surface area contributed by atoms with E-state index in [4.69, 9.17) is 0 Å². The van der Waals surface area contributed by atoms with Crippen molar-refractivity contribution in [2.75, 3.05) is 39.3 Å². The van der Waals surface area contributed by atoms with Gasteiger partial charge in [-0.1, -0.05) is 30.3 Å². The molecule has 0 aliphatic carbocycles. The van der Waals surface area contributed by atoms with E-state index in [9.17, 15) is 9.18 Å². The molecule has 28 heavy (non-hydrogen) atoms. The van der Waals surface area contributed by atoms with Crippen LogP contribution < -0.4 is 5.32 Å². The van der Waals surface area contributed by atoms with Crippen molar-refractivity contribution in [3.05, 3.63) is 65.6 Å². The molecule has 2 heterocycles. The molecule has 2 aromatic carbocycles. The van der Waals surface area contributed by atoms with Crippen LogP contribution in [0.4, 0.5) is 4.39 Å². The first-order valence-electron chi connectivity index (χ1n) is 9.59. The number of halogens is 1. The second-order valence-electron chi connectivity index (χ2n) is 7.12. The maximum Gasteiger partial charge on any atom is 0.272 e. The number of hydrogen-bond acceptors (Lipinski definition) is 4. The third-order valence-electron chi connectivity index (χ3n) is 5.18. The summed E-state index contributed by atoms with van der Waals surface area (Å²) >= 11 is 0. The van der Waals surface area contributed by atoms with E-state index in [1.54, 1.807) is 0 Å². The quantitative estimate of drug-likeness (QED) is 0.688. The minimum absolute atomic E-state index is 0.146. The number of nitrogens with one attached hydrogen (secondary N) is 2. The highest BCUT2D eigenvalue weighted by atomic mass is 19.1. The highest BCUT2D eigenvalue weighted by molar-refractivity contribution is 6.04. The monoisotopic (exact) mass is 381 g/mol. The zero-order valence-electron chi connectivity index (χ0n) is 15.7. The molecule has 0 spiro atoms. The van der Waals surface area contributed by atoms with E-state index >= 15 is 0 Å². The van der Waals surface area contributed by atoms with Gasteiger partial charge in [0, 0.05) is 51.2 Å². The number of aromatic nitrogens is 2. The summed E-state index contributed by atoms with van der Waals surface area (Å²) in [5.74, 6) is -0.342. The van der Waals surface area contributed by atoms with Crippen molar-refractivity contribution in [1.82, 2.24) is 25.3 Å². The number of rotatable bonds is 6. The molecule has 1 aliphatic heterocycles. The van der Waals surface area contributed by atoms with Gasteiger partial charge in [-0.15, -0.1) is 0 Å². The molecule has 0 bridgehead atoms. The summed E-state index contributed by atoms with van der Waals surface area (Å²) in [6, 6.07) is 14.3. The van der Waals surface area contributed by atoms with Crippen molar-refractivity contribution < 1.29 is 9.18 Å². The van der Waals surface area contributed by atoms with E-state index in [1.165, 1.54) is 12.1 Å². The Bertz CT molecular complexity index is 931. The first-order chi connectivity index (χ1) is 13.7. The van der Waals surface area contributed by atoms with Gasteiger partial charge in [-0.05, 0) is 23.8 Å². The number of carbonyl (C=O) groups excluding carboxylic acids is 1. The van der Waals surface area contributed by atoms with E-state index in [-0.39, 0.29) is 11.7 Å². The number of piperazine rings is 1. The summed E-state index contributed by atoms with van der Waals surface area (Å²) < 4.78 is 13.0. The minimum atomic E-state index is -0.196. The van der Waals surface area contributed by atoms with Crippen molar-refractivity contribution in [2.24, 2.45) is 0 Å². The maximum atomic E-state index is 13.0. The molecule has 7 heteroatoms. The fraction of sp³-hybridized carbons (Fsp3) is 0.333. The van der Waals surface area contributed by atoms with E-state index in [2.05, 4.69) is 25.3 Å². The third kappa shape index (κ3) is 4.37. The zero-order valence-corrected chi connectivity index (χ0v) is 15.7. The molecular weight excluding hydrogens is 357 g/mol. The fourth-order valence-corrected chi connectivity index (χ4v) is 3.57. The molecule has 4 rings (SSSR count). The number of benzene rings is 2. The van der Waals surface area contributed by atoms with Crippen molar-refractivity contribution in [2.45, 2.75) is 6.54 Å². The molecule has 1 amide bonds. The molecule has 2 N–H and O–H groups in total. The topological polar surface area (TPSA) is 64.3 Å². The van der Waals surface area contributed by atoms with Crippen molar-refractivity contribution in [3.8, 4) is 0 Å². The number of nitrogens with zero attached hydrogens (tertiary/aromatic N) is 3. The zero-order chi connectivity index (χ0) is 19.3. The SMILES string of the molecule is O=C(NCCN1CCN(Cc2ccc(F)cc2)CC1)c1n[nH]c2ccccc12. The van der Waals surface area contributed by atoms with Crippen LogP contribution in [0.15, 0.2) is 48.5 Å². The summed E-state index contributed by atoms with van der Waals surface area (Å²) in [4.78, 5) is 17.1. The van der Waals surface area contributed by atoms with Gasteiger partial charge in [0.2, 0.25) is 0 Å². The van der Waals surface area contributed by atoms with Gasteiger partial charge < -0.3 is 5.32 Å². The molecule has 146 valence electrons. The maximum absolute atomic E-state index is 13.0. The molecule has 0 unspecified atom stereocenters. The molecule has 0 saturated carbocycles. The standard InChI is InChI=1S/C21H24FN5O/c22-17-7-5-16(6-8-17)15-27-13-11-26(12-14-27)10-9-23-21(28)20-18-3-1-2-4-19(18)24-25-20/h1-8H,9-15H2,(H,23,28)(H,24,25). The van der Waals surface area contributed by atoms with Crippen LogP contribution in [-0.4, -0.2) is 65.2 Å². The summed E-state index contributed by atoms with van der Waals surface area (Å²) in [7, 11) is 0. The molecule has 1 aliphatic rings. The van der Waals surface area contributed by atoms with E-state index < -0.39 is 0 Å². The van der Waals surface area contributed by atoms with Crippen LogP contribution in [-0.2, 0) is 6.54 Å². The fourth-order valence-electron chi connectivity index (χ4n) is 3.57. The smallest absolute Gasteiger partial charge is 0.272 e. The molecule has 6 nitrogen and oxygen atoms in total. The van der Waals surface area contributed by atoms with Crippen LogP contribution >= 0.6 is 0 Å². The Balaban J connectivity index is 1.20. The van der Waals surface area contributed by atoms with Crippen molar-refractivity contribution >= 4 is 16.8 Å². The number of H-pyrrole nitrogens is 1. The Labute approximate surface area is 163 Å². The number of aromatic amines is 1. The van der Waals surface area contributed by atoms with E-state index in [0.717, 1.165) is 55.7 Å². The van der Waals surface area contributed by atoms with Gasteiger partial charge in [-0.2, -0.15) is 5.10 Å². The number of fused-ring (bicyclic) bond motifs is 1. The van der Waals surface area contributed by atoms with Gasteiger partial charge in [0.25, 0.3) is 5.91 Å². The second-order valence-corrected chi connectivity index (χ2v) is 7.12. The molecule has 0 atom stereocenters. The van der Waals surface area contributed by atoms with Gasteiger partial charge in [-0.25, -0.2) is 4.39 Å². The lowest BCUT2D eigenvalue weighted by molar-refractivity contribution is 0.0931. The molecule has 3 aromatic rings. The highest BCUT2D eigenvalue weighted by Gasteiger charge is 2.18. The summed E-state index contributed by atoms with van der Waals surface area (Å²) in [5, 5.41) is 10.8. The number of carbonyl (C=O) groups is 1. The Kier molecular flexibility index (Phi) is 5.64. The number of amides is 1. The van der Waals surface area contributed by atoms with Crippen molar-refractivity contribution in [3.63, 3.8) is 0 Å². The summed E-state index contributed by atoms with van der Waals surface area (Å²) in [6.07, 6.45) is 0. The average Bonchev–Trinajstić information content (AvgIpc) is 3.15. The normalized spacial score (nSPS) is 15.8. The molecule has 1 aromatic heterocycles. The lowest BCUT2D eigenvalue weighted by Crippen LogP contribution is -2.48. The number of para-hydroxylation sites is 1. The minimum Gasteiger partial charge on any atom is -0.349 e. The summed E-state index contributed by atoms with van der Waals surface area (Å²) in [6.45, 7) is 6.11. The highest BCUT2D eigenvalue weighted by Crippen LogP contribution is 2.14. The van der Waals surface area contributed by atoms with Crippen LogP contribution in [0.1, 0.15) is 16.1 Å². The van der Waals surface area contributed by atoms with Crippen LogP contribution in [0.25, 0.3) is 10.9 Å². The van der Waals surface area contributed by atoms with Gasteiger partial charge >= 0.3 is 0 Å². The molecule has 0 radical (unpaired) electrons. The van der Waals surface area contributed by atoms with Gasteiger partial charge in [-0.3, -0.25) is 19.7 Å². The lowest BCUT2D eigenvalue weighted by atomic mass is 10.2. The predicted octanol–water partition coefficient (Wildman–Crippen LogP) is 2.25. The summed E-state index contributed by atoms with van der Waals surface area (Å²) in [5.41, 5.74) is 2.44. The third-order valence-corrected chi connectivity index (χ3v) is 5.18. The largest absolute Gasteiger partial charge is 0.349 e. The van der Waals surface area contributed by atoms with E-state index in [1.807, 2.05) is 36.4 Å². The Morgan fingerprint density at radius 1 is 1.04 bits per heavy atom. The van der Waals surface area contributed by atoms with Crippen LogP contribution in [0.2, 0.25) is 0 Å². The average molecular weight is 381 g/mol. The molecule has 1 saturated heterocycles. The Morgan fingerprint density at radius 2 is 1.75 bits per heavy atom. The van der Waals surface area contributed by atoms with Crippen molar-refractivity contribution in [1.29, 1.82) is 0 Å². The van der Waals surface area contributed by atoms with Crippen LogP contribution in [0.3, 0.4) is 0 Å². The Morgan fingerprint density at radius 3 is 2.54 bits per heavy atom. The molecule has 1 fully saturated rings. The van der Waals surface area contributed by atoms with Gasteiger partial charge in [0.15, 0.2) is 5.69 Å².